The smallest absolute Gasteiger partial charge is 0.108 e. The van der Waals surface area contributed by atoms with Crippen molar-refractivity contribution in [2.75, 3.05) is 6.61 Å². The lowest BCUT2D eigenvalue weighted by atomic mass is 10.1. The Hall–Kier alpha value is -0.900. The van der Waals surface area contributed by atoms with E-state index < -0.39 is 0 Å². The predicted molar refractivity (Wildman–Crippen MR) is 54.8 cm³/mol. The molecule has 0 amide bonds. The fraction of sp³-hybridized carbons (Fsp3) is 0.800. The third-order valence-corrected chi connectivity index (χ3v) is 2.24. The molecule has 0 fully saturated rings. The van der Waals surface area contributed by atoms with Crippen LogP contribution in [0, 0.1) is 5.92 Å². The Balaban J connectivity index is 2.42. The van der Waals surface area contributed by atoms with Gasteiger partial charge in [-0.15, -0.1) is 5.10 Å². The third-order valence-electron chi connectivity index (χ3n) is 2.24. The zero-order valence-electron chi connectivity index (χ0n) is 9.23. The van der Waals surface area contributed by atoms with Gasteiger partial charge in [0.15, 0.2) is 0 Å². The van der Waals surface area contributed by atoms with Gasteiger partial charge >= 0.3 is 0 Å². The summed E-state index contributed by atoms with van der Waals surface area (Å²) in [5, 5.41) is 8.07. The number of hydrogen-bond donors (Lipinski definition) is 0. The van der Waals surface area contributed by atoms with Gasteiger partial charge in [-0.05, 0) is 12.8 Å². The normalized spacial score (nSPS) is 13.1. The monoisotopic (exact) mass is 197 g/mol. The van der Waals surface area contributed by atoms with Crippen molar-refractivity contribution in [3.63, 3.8) is 0 Å². The van der Waals surface area contributed by atoms with E-state index in [-0.39, 0.29) is 0 Å². The number of rotatable bonds is 6. The van der Waals surface area contributed by atoms with E-state index in [4.69, 9.17) is 4.74 Å². The molecule has 1 unspecified atom stereocenters. The lowest BCUT2D eigenvalue weighted by molar-refractivity contribution is 0.131. The third kappa shape index (κ3) is 3.46. The fourth-order valence-electron chi connectivity index (χ4n) is 1.15. The summed E-state index contributed by atoms with van der Waals surface area (Å²) in [4.78, 5) is 0. The lowest BCUT2D eigenvalue weighted by Crippen LogP contribution is -2.07. The zero-order valence-corrected chi connectivity index (χ0v) is 9.23. The van der Waals surface area contributed by atoms with Crippen LogP contribution in [0.5, 0.6) is 0 Å². The van der Waals surface area contributed by atoms with E-state index in [2.05, 4.69) is 24.2 Å². The van der Waals surface area contributed by atoms with Gasteiger partial charge < -0.3 is 4.74 Å². The molecule has 1 rings (SSSR count). The summed E-state index contributed by atoms with van der Waals surface area (Å²) >= 11 is 0. The Morgan fingerprint density at radius 3 is 2.93 bits per heavy atom. The summed E-state index contributed by atoms with van der Waals surface area (Å²) in [5.41, 5.74) is 0.912. The van der Waals surface area contributed by atoms with E-state index in [1.165, 1.54) is 6.42 Å². The standard InChI is InChI=1S/C10H19N3O/c1-4-9(3)6-13-7-10(11-12-13)8-14-5-2/h7,9H,4-6,8H2,1-3H3. The fourth-order valence-corrected chi connectivity index (χ4v) is 1.15. The van der Waals surface area contributed by atoms with Gasteiger partial charge in [0.2, 0.25) is 0 Å². The highest BCUT2D eigenvalue weighted by molar-refractivity contribution is 4.89. The molecule has 0 saturated heterocycles. The molecule has 0 N–H and O–H groups in total. The van der Waals surface area contributed by atoms with Gasteiger partial charge in [-0.1, -0.05) is 25.5 Å². The lowest BCUT2D eigenvalue weighted by Gasteiger charge is -2.06. The molecule has 0 aliphatic heterocycles. The molecule has 0 aliphatic rings. The maximum absolute atomic E-state index is 5.25. The van der Waals surface area contributed by atoms with Crippen molar-refractivity contribution in [2.45, 2.75) is 40.3 Å². The zero-order chi connectivity index (χ0) is 10.4. The number of aromatic nitrogens is 3. The quantitative estimate of drug-likeness (QED) is 0.699. The van der Waals surface area contributed by atoms with Gasteiger partial charge in [0.25, 0.3) is 0 Å². The van der Waals surface area contributed by atoms with Crippen molar-refractivity contribution >= 4 is 0 Å². The van der Waals surface area contributed by atoms with Crippen molar-refractivity contribution in [3.05, 3.63) is 11.9 Å². The second kappa shape index (κ2) is 5.75. The van der Waals surface area contributed by atoms with E-state index in [1.54, 1.807) is 0 Å². The number of ether oxygens (including phenoxy) is 1. The molecule has 0 aromatic carbocycles. The van der Waals surface area contributed by atoms with Gasteiger partial charge in [-0.3, -0.25) is 4.68 Å². The molecule has 0 saturated carbocycles. The molecule has 14 heavy (non-hydrogen) atoms. The highest BCUT2D eigenvalue weighted by Gasteiger charge is 2.03. The van der Waals surface area contributed by atoms with Crippen LogP contribution in [0.4, 0.5) is 0 Å². The first-order valence-corrected chi connectivity index (χ1v) is 5.23. The van der Waals surface area contributed by atoms with Gasteiger partial charge in [-0.2, -0.15) is 0 Å². The summed E-state index contributed by atoms with van der Waals surface area (Å²) in [7, 11) is 0. The minimum Gasteiger partial charge on any atom is -0.375 e. The SMILES string of the molecule is CCOCc1cn(CC(C)CC)nn1. The van der Waals surface area contributed by atoms with Crippen molar-refractivity contribution in [2.24, 2.45) is 5.92 Å². The van der Waals surface area contributed by atoms with E-state index in [0.717, 1.165) is 18.8 Å². The van der Waals surface area contributed by atoms with Crippen LogP contribution in [0.25, 0.3) is 0 Å². The van der Waals surface area contributed by atoms with E-state index in [9.17, 15) is 0 Å². The summed E-state index contributed by atoms with van der Waals surface area (Å²) in [6, 6.07) is 0. The highest BCUT2D eigenvalue weighted by Crippen LogP contribution is 2.04. The summed E-state index contributed by atoms with van der Waals surface area (Å²) in [5.74, 6) is 0.650. The molecule has 80 valence electrons. The van der Waals surface area contributed by atoms with Crippen molar-refractivity contribution in [1.29, 1.82) is 0 Å². The van der Waals surface area contributed by atoms with E-state index in [0.29, 0.717) is 12.5 Å². The van der Waals surface area contributed by atoms with Crippen LogP contribution in [0.1, 0.15) is 32.9 Å². The molecule has 1 heterocycles. The summed E-state index contributed by atoms with van der Waals surface area (Å²) in [6.45, 7) is 8.60. The van der Waals surface area contributed by atoms with Crippen LogP contribution < -0.4 is 0 Å². The Bertz CT molecular complexity index is 260. The average Bonchev–Trinajstić information content (AvgIpc) is 2.62. The summed E-state index contributed by atoms with van der Waals surface area (Å²) < 4.78 is 7.14. The molecule has 0 bridgehead atoms. The Morgan fingerprint density at radius 1 is 1.50 bits per heavy atom. The molecule has 0 spiro atoms. The van der Waals surface area contributed by atoms with Crippen molar-refractivity contribution in [3.8, 4) is 0 Å². The number of nitrogens with zero attached hydrogens (tertiary/aromatic N) is 3. The van der Waals surface area contributed by atoms with Crippen molar-refractivity contribution in [1.82, 2.24) is 15.0 Å². The predicted octanol–water partition coefficient (Wildman–Crippen LogP) is 1.86. The largest absolute Gasteiger partial charge is 0.375 e. The molecular formula is C10H19N3O. The van der Waals surface area contributed by atoms with E-state index >= 15 is 0 Å². The van der Waals surface area contributed by atoms with Crippen LogP contribution >= 0.6 is 0 Å². The highest BCUT2D eigenvalue weighted by atomic mass is 16.5. The molecule has 1 aromatic heterocycles. The minimum atomic E-state index is 0.566. The van der Waals surface area contributed by atoms with Gasteiger partial charge in [0.05, 0.1) is 12.8 Å². The minimum absolute atomic E-state index is 0.566. The number of hydrogen-bond acceptors (Lipinski definition) is 3. The van der Waals surface area contributed by atoms with E-state index in [1.807, 2.05) is 17.8 Å². The van der Waals surface area contributed by atoms with Crippen LogP contribution in [0.2, 0.25) is 0 Å². The van der Waals surface area contributed by atoms with Crippen LogP contribution in [-0.4, -0.2) is 21.6 Å². The van der Waals surface area contributed by atoms with Crippen LogP contribution in [0.3, 0.4) is 0 Å². The second-order valence-corrected chi connectivity index (χ2v) is 3.58. The summed E-state index contributed by atoms with van der Waals surface area (Å²) in [6.07, 6.45) is 3.13. The Kier molecular flexibility index (Phi) is 4.59. The molecular weight excluding hydrogens is 178 g/mol. The van der Waals surface area contributed by atoms with Crippen molar-refractivity contribution < 1.29 is 4.74 Å². The maximum Gasteiger partial charge on any atom is 0.108 e. The Labute approximate surface area is 85.3 Å². The van der Waals surface area contributed by atoms with Gasteiger partial charge in [0.1, 0.15) is 5.69 Å². The molecule has 4 nitrogen and oxygen atoms in total. The first kappa shape index (κ1) is 11.2. The second-order valence-electron chi connectivity index (χ2n) is 3.58. The molecule has 1 atom stereocenters. The molecule has 1 aromatic rings. The maximum atomic E-state index is 5.25. The van der Waals surface area contributed by atoms with Gasteiger partial charge in [-0.25, -0.2) is 0 Å². The van der Waals surface area contributed by atoms with Crippen LogP contribution in [0.15, 0.2) is 6.20 Å². The Morgan fingerprint density at radius 2 is 2.29 bits per heavy atom. The van der Waals surface area contributed by atoms with Crippen LogP contribution in [-0.2, 0) is 17.9 Å². The average molecular weight is 197 g/mol. The first-order chi connectivity index (χ1) is 6.76. The van der Waals surface area contributed by atoms with Gasteiger partial charge in [0, 0.05) is 13.2 Å². The molecule has 4 heteroatoms. The molecule has 0 aliphatic carbocycles. The first-order valence-electron chi connectivity index (χ1n) is 5.23. The topological polar surface area (TPSA) is 39.9 Å². The molecule has 0 radical (unpaired) electrons.